The van der Waals surface area contributed by atoms with Gasteiger partial charge in [0.25, 0.3) is 0 Å². The first-order valence-corrected chi connectivity index (χ1v) is 7.19. The third-order valence-electron chi connectivity index (χ3n) is 1.83. The van der Waals surface area contributed by atoms with Crippen LogP contribution in [0.5, 0.6) is 0 Å². The van der Waals surface area contributed by atoms with Crippen LogP contribution < -0.4 is 0 Å². The summed E-state index contributed by atoms with van der Waals surface area (Å²) in [5, 5.41) is 8.73. The SMILES string of the molecule is O=C1OC(OC(CCl)CCl)C(SCCO)=C1Cl. The van der Waals surface area contributed by atoms with Gasteiger partial charge in [-0.2, -0.15) is 0 Å². The van der Waals surface area contributed by atoms with Crippen molar-refractivity contribution in [2.45, 2.75) is 12.4 Å². The van der Waals surface area contributed by atoms with Crippen LogP contribution in [0.2, 0.25) is 0 Å². The van der Waals surface area contributed by atoms with Crippen LogP contribution >= 0.6 is 46.6 Å². The van der Waals surface area contributed by atoms with E-state index < -0.39 is 18.4 Å². The van der Waals surface area contributed by atoms with Crippen molar-refractivity contribution in [3.8, 4) is 0 Å². The Hall–Kier alpha value is 0.350. The van der Waals surface area contributed by atoms with E-state index in [1.807, 2.05) is 0 Å². The topological polar surface area (TPSA) is 55.8 Å². The number of hydrogen-bond donors (Lipinski definition) is 1. The number of esters is 1. The molecule has 1 aliphatic rings. The van der Waals surface area contributed by atoms with Crippen LogP contribution in [-0.2, 0) is 14.3 Å². The summed E-state index contributed by atoms with van der Waals surface area (Å²) >= 11 is 18.2. The van der Waals surface area contributed by atoms with Crippen molar-refractivity contribution in [1.29, 1.82) is 0 Å². The van der Waals surface area contributed by atoms with Crippen molar-refractivity contribution in [2.75, 3.05) is 24.1 Å². The Bertz CT molecular complexity index is 307. The zero-order valence-corrected chi connectivity index (χ0v) is 11.8. The summed E-state index contributed by atoms with van der Waals surface area (Å²) in [4.78, 5) is 11.7. The number of ether oxygens (including phenoxy) is 2. The first-order chi connectivity index (χ1) is 8.13. The Kier molecular flexibility index (Phi) is 6.99. The molecule has 0 spiro atoms. The molecule has 0 fully saturated rings. The second kappa shape index (κ2) is 7.71. The number of cyclic esters (lactones) is 1. The lowest BCUT2D eigenvalue weighted by Crippen LogP contribution is -2.26. The summed E-state index contributed by atoms with van der Waals surface area (Å²) < 4.78 is 10.3. The Balaban J connectivity index is 2.68. The first kappa shape index (κ1) is 15.4. The maximum Gasteiger partial charge on any atom is 0.353 e. The normalized spacial score (nSPS) is 20.3. The molecular weight excluding hydrogens is 311 g/mol. The number of aliphatic hydroxyl groups is 1. The van der Waals surface area contributed by atoms with Gasteiger partial charge in [0.2, 0.25) is 6.29 Å². The average Bonchev–Trinajstić information content (AvgIpc) is 2.59. The molecule has 0 bridgehead atoms. The number of rotatable bonds is 7. The van der Waals surface area contributed by atoms with E-state index in [2.05, 4.69) is 0 Å². The molecule has 1 N–H and O–H groups in total. The molecule has 4 nitrogen and oxygen atoms in total. The van der Waals surface area contributed by atoms with Crippen LogP contribution in [0.25, 0.3) is 0 Å². The van der Waals surface area contributed by atoms with E-state index in [9.17, 15) is 4.79 Å². The predicted molar refractivity (Wildman–Crippen MR) is 68.6 cm³/mol. The molecule has 1 unspecified atom stereocenters. The minimum absolute atomic E-state index is 0.0173. The molecule has 17 heavy (non-hydrogen) atoms. The monoisotopic (exact) mass is 320 g/mol. The fourth-order valence-electron chi connectivity index (χ4n) is 1.07. The second-order valence-corrected chi connectivity index (χ2v) is 5.19. The number of halogens is 3. The van der Waals surface area contributed by atoms with Gasteiger partial charge in [-0.3, -0.25) is 0 Å². The van der Waals surface area contributed by atoms with Gasteiger partial charge in [0.15, 0.2) is 0 Å². The molecule has 0 amide bonds. The van der Waals surface area contributed by atoms with E-state index in [4.69, 9.17) is 49.4 Å². The molecule has 1 heterocycles. The summed E-state index contributed by atoms with van der Waals surface area (Å²) in [5.74, 6) is 0.134. The summed E-state index contributed by atoms with van der Waals surface area (Å²) in [6.45, 7) is -0.0340. The molecule has 0 aliphatic carbocycles. The van der Waals surface area contributed by atoms with E-state index in [1.165, 1.54) is 11.8 Å². The quantitative estimate of drug-likeness (QED) is 0.573. The van der Waals surface area contributed by atoms with Crippen LogP contribution in [0.1, 0.15) is 0 Å². The molecule has 0 saturated carbocycles. The standard InChI is InChI=1S/C9H11Cl3O4S/c10-3-5(4-11)15-9-7(17-2-1-13)6(12)8(14)16-9/h5,9,13H,1-4H2. The van der Waals surface area contributed by atoms with Crippen LogP contribution in [-0.4, -0.2) is 47.6 Å². The van der Waals surface area contributed by atoms with Gasteiger partial charge in [0, 0.05) is 17.5 Å². The maximum atomic E-state index is 11.3. The highest BCUT2D eigenvalue weighted by Gasteiger charge is 2.35. The lowest BCUT2D eigenvalue weighted by atomic mass is 10.4. The molecule has 1 atom stereocenters. The van der Waals surface area contributed by atoms with Gasteiger partial charge >= 0.3 is 5.97 Å². The first-order valence-electron chi connectivity index (χ1n) is 4.75. The minimum atomic E-state index is -0.881. The van der Waals surface area contributed by atoms with Gasteiger partial charge in [-0.05, 0) is 0 Å². The van der Waals surface area contributed by atoms with E-state index in [-0.39, 0.29) is 23.4 Å². The second-order valence-electron chi connectivity index (χ2n) is 3.05. The lowest BCUT2D eigenvalue weighted by Gasteiger charge is -2.19. The van der Waals surface area contributed by atoms with E-state index in [0.717, 1.165) is 0 Å². The molecule has 0 radical (unpaired) electrons. The number of hydrogen-bond acceptors (Lipinski definition) is 5. The van der Waals surface area contributed by atoms with Crippen LogP contribution in [0.4, 0.5) is 0 Å². The Labute approximate surface area is 118 Å². The van der Waals surface area contributed by atoms with E-state index in [1.54, 1.807) is 0 Å². The Morgan fingerprint density at radius 2 is 2.12 bits per heavy atom. The van der Waals surface area contributed by atoms with Crippen molar-refractivity contribution in [2.24, 2.45) is 0 Å². The molecule has 0 aromatic heterocycles. The van der Waals surface area contributed by atoms with Crippen LogP contribution in [0, 0.1) is 0 Å². The average molecular weight is 322 g/mol. The number of carbonyl (C=O) groups is 1. The third-order valence-corrected chi connectivity index (χ3v) is 4.09. The van der Waals surface area contributed by atoms with E-state index in [0.29, 0.717) is 10.7 Å². The minimum Gasteiger partial charge on any atom is -0.426 e. The Morgan fingerprint density at radius 1 is 1.47 bits per heavy atom. The largest absolute Gasteiger partial charge is 0.426 e. The molecular formula is C9H11Cl3O4S. The number of carbonyl (C=O) groups excluding carboxylic acids is 1. The van der Waals surface area contributed by atoms with Gasteiger partial charge in [-0.1, -0.05) is 11.6 Å². The van der Waals surface area contributed by atoms with Gasteiger partial charge < -0.3 is 14.6 Å². The highest BCUT2D eigenvalue weighted by Crippen LogP contribution is 2.35. The van der Waals surface area contributed by atoms with E-state index >= 15 is 0 Å². The predicted octanol–water partition coefficient (Wildman–Crippen LogP) is 1.91. The van der Waals surface area contributed by atoms with Crippen LogP contribution in [0.3, 0.4) is 0 Å². The van der Waals surface area contributed by atoms with Crippen molar-refractivity contribution in [3.05, 3.63) is 9.94 Å². The van der Waals surface area contributed by atoms with Gasteiger partial charge in [-0.15, -0.1) is 35.0 Å². The summed E-state index contributed by atoms with van der Waals surface area (Å²) in [6, 6.07) is 0. The van der Waals surface area contributed by atoms with Crippen molar-refractivity contribution in [3.63, 3.8) is 0 Å². The fraction of sp³-hybridized carbons (Fsp3) is 0.667. The number of alkyl halides is 2. The summed E-state index contributed by atoms with van der Waals surface area (Å²) in [6.07, 6.45) is -1.31. The highest BCUT2D eigenvalue weighted by molar-refractivity contribution is 8.03. The van der Waals surface area contributed by atoms with Crippen LogP contribution in [0.15, 0.2) is 9.94 Å². The number of thioether (sulfide) groups is 1. The maximum absolute atomic E-state index is 11.3. The number of aliphatic hydroxyl groups excluding tert-OH is 1. The molecule has 8 heteroatoms. The zero-order chi connectivity index (χ0) is 12.8. The van der Waals surface area contributed by atoms with Crippen molar-refractivity contribution >= 4 is 52.5 Å². The van der Waals surface area contributed by atoms with Gasteiger partial charge in [0.1, 0.15) is 5.03 Å². The molecule has 0 saturated heterocycles. The highest BCUT2D eigenvalue weighted by atomic mass is 35.5. The Morgan fingerprint density at radius 3 is 2.65 bits per heavy atom. The lowest BCUT2D eigenvalue weighted by molar-refractivity contribution is -0.163. The van der Waals surface area contributed by atoms with Gasteiger partial charge in [-0.25, -0.2) is 4.79 Å². The molecule has 0 aromatic carbocycles. The molecule has 1 rings (SSSR count). The van der Waals surface area contributed by atoms with Crippen molar-refractivity contribution in [1.82, 2.24) is 0 Å². The van der Waals surface area contributed by atoms with Gasteiger partial charge in [0.05, 0.1) is 17.6 Å². The molecule has 1 aliphatic heterocycles. The summed E-state index contributed by atoms with van der Waals surface area (Å²) in [7, 11) is 0. The summed E-state index contributed by atoms with van der Waals surface area (Å²) in [5.41, 5.74) is 0. The zero-order valence-electron chi connectivity index (χ0n) is 8.70. The molecule has 98 valence electrons. The molecule has 0 aromatic rings. The third kappa shape index (κ3) is 4.19. The smallest absolute Gasteiger partial charge is 0.353 e. The fourth-order valence-corrected chi connectivity index (χ4v) is 2.61. The van der Waals surface area contributed by atoms with Crippen molar-refractivity contribution < 1.29 is 19.4 Å².